The molecule has 2 aliphatic heterocycles. The molecule has 2 N–H and O–H groups in total. The van der Waals surface area contributed by atoms with Crippen molar-refractivity contribution < 1.29 is 0 Å². The number of rotatable bonds is 4. The van der Waals surface area contributed by atoms with E-state index in [2.05, 4.69) is 47.9 Å². The largest absolute Gasteiger partial charge is 0.314 e. The SMILES string of the molecule is Sc1c(SC2CNC2)ccc(-c2cnn3c2CCCC3)c1-c1nn[nH]n1. The van der Waals surface area contributed by atoms with Gasteiger partial charge in [-0.05, 0) is 36.1 Å². The minimum absolute atomic E-state index is 0.579. The molecule has 134 valence electrons. The number of aromatic amines is 1. The number of H-pyrrole nitrogens is 1. The zero-order chi connectivity index (χ0) is 17.5. The van der Waals surface area contributed by atoms with Gasteiger partial charge in [-0.25, -0.2) is 0 Å². The van der Waals surface area contributed by atoms with Crippen LogP contribution in [0.4, 0.5) is 0 Å². The lowest BCUT2D eigenvalue weighted by Gasteiger charge is -2.27. The van der Waals surface area contributed by atoms with Crippen molar-refractivity contribution in [2.45, 2.75) is 40.8 Å². The van der Waals surface area contributed by atoms with Crippen LogP contribution < -0.4 is 5.32 Å². The van der Waals surface area contributed by atoms with Crippen molar-refractivity contribution in [3.63, 3.8) is 0 Å². The summed E-state index contributed by atoms with van der Waals surface area (Å²) in [5.41, 5.74) is 4.45. The van der Waals surface area contributed by atoms with E-state index >= 15 is 0 Å². The number of fused-ring (bicyclic) bond motifs is 1. The van der Waals surface area contributed by atoms with Gasteiger partial charge < -0.3 is 5.32 Å². The molecule has 5 rings (SSSR count). The van der Waals surface area contributed by atoms with Gasteiger partial charge in [-0.2, -0.15) is 10.3 Å². The highest BCUT2D eigenvalue weighted by Crippen LogP contribution is 2.43. The highest BCUT2D eigenvalue weighted by Gasteiger charge is 2.25. The quantitative estimate of drug-likeness (QED) is 0.598. The van der Waals surface area contributed by atoms with Gasteiger partial charge in [-0.1, -0.05) is 6.07 Å². The average Bonchev–Trinajstić information content (AvgIpc) is 3.28. The first-order valence-electron chi connectivity index (χ1n) is 8.83. The van der Waals surface area contributed by atoms with Crippen LogP contribution in [0.5, 0.6) is 0 Å². The summed E-state index contributed by atoms with van der Waals surface area (Å²) < 4.78 is 2.12. The van der Waals surface area contributed by atoms with Crippen LogP contribution in [0, 0.1) is 0 Å². The number of tetrazole rings is 1. The third kappa shape index (κ3) is 2.74. The van der Waals surface area contributed by atoms with Crippen LogP contribution in [0.3, 0.4) is 0 Å². The van der Waals surface area contributed by atoms with Gasteiger partial charge in [0.1, 0.15) is 0 Å². The lowest BCUT2D eigenvalue weighted by molar-refractivity contribution is 0.487. The Balaban J connectivity index is 1.65. The fourth-order valence-electron chi connectivity index (χ4n) is 3.56. The van der Waals surface area contributed by atoms with E-state index in [0.717, 1.165) is 52.5 Å². The summed E-state index contributed by atoms with van der Waals surface area (Å²) in [6.45, 7) is 3.06. The van der Waals surface area contributed by atoms with E-state index in [1.165, 1.54) is 18.5 Å². The molecule has 0 saturated carbocycles. The molecular weight excluding hydrogens is 366 g/mol. The van der Waals surface area contributed by atoms with Crippen molar-refractivity contribution in [2.24, 2.45) is 0 Å². The third-order valence-corrected chi connectivity index (χ3v) is 6.90. The molecule has 26 heavy (non-hydrogen) atoms. The van der Waals surface area contributed by atoms with Gasteiger partial charge in [0.2, 0.25) is 5.82 Å². The van der Waals surface area contributed by atoms with Crippen molar-refractivity contribution in [1.82, 2.24) is 35.7 Å². The number of thiol groups is 1. The number of nitrogens with zero attached hydrogens (tertiary/aromatic N) is 5. The summed E-state index contributed by atoms with van der Waals surface area (Å²) in [4.78, 5) is 2.07. The Bertz CT molecular complexity index is 931. The van der Waals surface area contributed by atoms with E-state index in [-0.39, 0.29) is 0 Å². The standard InChI is InChI=1S/C17H19N7S2/c25-16-14(26-10-7-18-8-10)5-4-11(15(16)17-20-22-23-21-17)12-9-19-24-6-2-1-3-13(12)24/h4-5,9-10,18,25H,1-3,6-8H2,(H,20,21,22,23). The molecule has 0 radical (unpaired) electrons. The van der Waals surface area contributed by atoms with Crippen molar-refractivity contribution in [3.05, 3.63) is 24.0 Å². The summed E-state index contributed by atoms with van der Waals surface area (Å²) in [5, 5.41) is 23.3. The summed E-state index contributed by atoms with van der Waals surface area (Å²) in [6, 6.07) is 4.32. The van der Waals surface area contributed by atoms with E-state index in [9.17, 15) is 0 Å². The second-order valence-electron chi connectivity index (χ2n) is 6.65. The number of aryl methyl sites for hydroxylation is 1. The number of nitrogens with one attached hydrogen (secondary N) is 2. The first kappa shape index (κ1) is 16.3. The topological polar surface area (TPSA) is 84.3 Å². The van der Waals surface area contributed by atoms with Gasteiger partial charge in [-0.15, -0.1) is 34.6 Å². The van der Waals surface area contributed by atoms with Crippen LogP contribution in [0.25, 0.3) is 22.5 Å². The molecule has 0 spiro atoms. The average molecular weight is 386 g/mol. The minimum Gasteiger partial charge on any atom is -0.314 e. The van der Waals surface area contributed by atoms with Crippen LogP contribution >= 0.6 is 24.4 Å². The molecule has 9 heteroatoms. The maximum atomic E-state index is 4.87. The Morgan fingerprint density at radius 2 is 2.12 bits per heavy atom. The maximum Gasteiger partial charge on any atom is 0.206 e. The summed E-state index contributed by atoms with van der Waals surface area (Å²) in [6.07, 6.45) is 5.41. The molecule has 2 aliphatic rings. The van der Waals surface area contributed by atoms with Crippen molar-refractivity contribution in [3.8, 4) is 22.5 Å². The van der Waals surface area contributed by atoms with Crippen LogP contribution in [-0.4, -0.2) is 48.7 Å². The molecule has 0 unspecified atom stereocenters. The predicted octanol–water partition coefficient (Wildman–Crippen LogP) is 2.42. The van der Waals surface area contributed by atoms with E-state index in [4.69, 9.17) is 12.6 Å². The fraction of sp³-hybridized carbons (Fsp3) is 0.412. The normalized spacial score (nSPS) is 17.1. The third-order valence-electron chi connectivity index (χ3n) is 5.02. The zero-order valence-electron chi connectivity index (χ0n) is 14.1. The molecule has 1 fully saturated rings. The van der Waals surface area contributed by atoms with Crippen LogP contribution in [0.2, 0.25) is 0 Å². The Morgan fingerprint density at radius 3 is 2.88 bits per heavy atom. The molecule has 1 aromatic carbocycles. The van der Waals surface area contributed by atoms with Crippen molar-refractivity contribution in [2.75, 3.05) is 13.1 Å². The summed E-state index contributed by atoms with van der Waals surface area (Å²) >= 11 is 6.73. The highest BCUT2D eigenvalue weighted by molar-refractivity contribution is 8.00. The lowest BCUT2D eigenvalue weighted by Crippen LogP contribution is -2.44. The molecule has 4 heterocycles. The molecule has 0 atom stereocenters. The zero-order valence-corrected chi connectivity index (χ0v) is 15.9. The molecule has 0 aliphatic carbocycles. The number of thioether (sulfide) groups is 1. The molecular formula is C17H19N7S2. The molecule has 0 amide bonds. The molecule has 2 aromatic heterocycles. The van der Waals surface area contributed by atoms with E-state index in [0.29, 0.717) is 11.1 Å². The van der Waals surface area contributed by atoms with Crippen LogP contribution in [0.15, 0.2) is 28.1 Å². The number of aromatic nitrogens is 6. The first-order valence-corrected chi connectivity index (χ1v) is 10.2. The first-order chi connectivity index (χ1) is 12.8. The van der Waals surface area contributed by atoms with Crippen molar-refractivity contribution >= 4 is 24.4 Å². The van der Waals surface area contributed by atoms with Gasteiger partial charge in [0.15, 0.2) is 0 Å². The maximum absolute atomic E-state index is 4.87. The van der Waals surface area contributed by atoms with Gasteiger partial charge in [0.05, 0.1) is 6.20 Å². The molecule has 7 nitrogen and oxygen atoms in total. The Hall–Kier alpha value is -1.84. The van der Waals surface area contributed by atoms with Crippen LogP contribution in [-0.2, 0) is 13.0 Å². The smallest absolute Gasteiger partial charge is 0.206 e. The fourth-order valence-corrected chi connectivity index (χ4v) is 5.13. The second-order valence-corrected chi connectivity index (χ2v) is 8.44. The molecule has 0 bridgehead atoms. The van der Waals surface area contributed by atoms with Crippen molar-refractivity contribution in [1.29, 1.82) is 0 Å². The number of benzene rings is 1. The summed E-state index contributed by atoms with van der Waals surface area (Å²) in [5.74, 6) is 0.579. The molecule has 3 aromatic rings. The van der Waals surface area contributed by atoms with E-state index in [1.807, 2.05) is 18.0 Å². The van der Waals surface area contributed by atoms with Gasteiger partial charge in [-0.3, -0.25) is 4.68 Å². The Labute approximate surface area is 160 Å². The van der Waals surface area contributed by atoms with Gasteiger partial charge in [0.25, 0.3) is 0 Å². The second kappa shape index (κ2) is 6.71. The highest BCUT2D eigenvalue weighted by atomic mass is 32.2. The van der Waals surface area contributed by atoms with Crippen LogP contribution in [0.1, 0.15) is 18.5 Å². The van der Waals surface area contributed by atoms with E-state index < -0.39 is 0 Å². The van der Waals surface area contributed by atoms with Gasteiger partial charge >= 0.3 is 0 Å². The number of hydrogen-bond donors (Lipinski definition) is 3. The Kier molecular flexibility index (Phi) is 4.22. The Morgan fingerprint density at radius 1 is 1.19 bits per heavy atom. The van der Waals surface area contributed by atoms with Gasteiger partial charge in [0, 0.05) is 51.5 Å². The monoisotopic (exact) mass is 385 g/mol. The lowest BCUT2D eigenvalue weighted by atomic mass is 9.96. The summed E-state index contributed by atoms with van der Waals surface area (Å²) in [7, 11) is 0. The minimum atomic E-state index is 0.579. The predicted molar refractivity (Wildman–Crippen MR) is 104 cm³/mol. The van der Waals surface area contributed by atoms with E-state index in [1.54, 1.807) is 0 Å². The molecule has 1 saturated heterocycles. The number of hydrogen-bond acceptors (Lipinski definition) is 7.